The SMILES string of the molecule is C[C@@H]1CN(c2c(C=O)cc3c(C(=O)NCC(F)F)noc3c2F)C[C@H](C)O1. The predicted octanol–water partition coefficient (Wildman–Crippen LogP) is 2.39. The average molecular weight is 385 g/mol. The van der Waals surface area contributed by atoms with E-state index in [1.165, 1.54) is 6.07 Å². The molecule has 1 aromatic heterocycles. The van der Waals surface area contributed by atoms with Crippen LogP contribution in [0.3, 0.4) is 0 Å². The molecule has 0 aliphatic carbocycles. The molecule has 1 N–H and O–H groups in total. The lowest BCUT2D eigenvalue weighted by atomic mass is 10.1. The van der Waals surface area contributed by atoms with E-state index in [4.69, 9.17) is 9.26 Å². The molecule has 2 aromatic rings. The van der Waals surface area contributed by atoms with Gasteiger partial charge in [0.2, 0.25) is 5.58 Å². The van der Waals surface area contributed by atoms with Gasteiger partial charge < -0.3 is 19.5 Å². The van der Waals surface area contributed by atoms with Crippen molar-refractivity contribution in [1.29, 1.82) is 0 Å². The number of rotatable bonds is 5. The molecule has 146 valence electrons. The first-order valence-electron chi connectivity index (χ1n) is 8.35. The van der Waals surface area contributed by atoms with Gasteiger partial charge in [0.15, 0.2) is 17.8 Å². The maximum atomic E-state index is 15.1. The zero-order valence-electron chi connectivity index (χ0n) is 14.7. The average Bonchev–Trinajstić information content (AvgIpc) is 3.02. The van der Waals surface area contributed by atoms with Crippen LogP contribution in [0.1, 0.15) is 34.7 Å². The summed E-state index contributed by atoms with van der Waals surface area (Å²) in [5.41, 5.74) is -0.630. The largest absolute Gasteiger partial charge is 0.372 e. The molecule has 2 atom stereocenters. The predicted molar refractivity (Wildman–Crippen MR) is 89.9 cm³/mol. The number of carbonyl (C=O) groups excluding carboxylic acids is 2. The number of alkyl halides is 2. The minimum Gasteiger partial charge on any atom is -0.372 e. The molecule has 7 nitrogen and oxygen atoms in total. The summed E-state index contributed by atoms with van der Waals surface area (Å²) in [4.78, 5) is 25.3. The highest BCUT2D eigenvalue weighted by Gasteiger charge is 2.30. The van der Waals surface area contributed by atoms with Crippen LogP contribution in [-0.4, -0.2) is 55.6 Å². The third kappa shape index (κ3) is 3.75. The monoisotopic (exact) mass is 385 g/mol. The molecule has 2 heterocycles. The van der Waals surface area contributed by atoms with Gasteiger partial charge in [0.05, 0.1) is 29.8 Å². The number of anilines is 1. The summed E-state index contributed by atoms with van der Waals surface area (Å²) in [5, 5.41) is 5.41. The molecule has 1 aliphatic heterocycles. The van der Waals surface area contributed by atoms with Gasteiger partial charge in [-0.25, -0.2) is 13.2 Å². The van der Waals surface area contributed by atoms with Crippen LogP contribution in [0, 0.1) is 5.82 Å². The summed E-state index contributed by atoms with van der Waals surface area (Å²) in [5.74, 6) is -1.78. The summed E-state index contributed by atoms with van der Waals surface area (Å²) >= 11 is 0. The van der Waals surface area contributed by atoms with Crippen molar-refractivity contribution in [3.8, 4) is 0 Å². The van der Waals surface area contributed by atoms with Gasteiger partial charge in [0.25, 0.3) is 12.3 Å². The molecule has 3 rings (SSSR count). The number of nitrogens with zero attached hydrogens (tertiary/aromatic N) is 2. The first kappa shape index (κ1) is 19.2. The molecule has 1 aromatic carbocycles. The van der Waals surface area contributed by atoms with Crippen molar-refractivity contribution < 1.29 is 32.0 Å². The van der Waals surface area contributed by atoms with Gasteiger partial charge in [-0.2, -0.15) is 0 Å². The number of halogens is 3. The van der Waals surface area contributed by atoms with Gasteiger partial charge >= 0.3 is 0 Å². The number of morpholine rings is 1. The summed E-state index contributed by atoms with van der Waals surface area (Å²) in [6, 6.07) is 1.28. The Balaban J connectivity index is 2.04. The Morgan fingerprint density at radius 1 is 1.41 bits per heavy atom. The lowest BCUT2D eigenvalue weighted by Crippen LogP contribution is -2.46. The highest BCUT2D eigenvalue weighted by atomic mass is 19.3. The van der Waals surface area contributed by atoms with Gasteiger partial charge in [-0.1, -0.05) is 5.16 Å². The van der Waals surface area contributed by atoms with E-state index in [1.807, 2.05) is 19.2 Å². The van der Waals surface area contributed by atoms with Crippen molar-refractivity contribution in [1.82, 2.24) is 10.5 Å². The highest BCUT2D eigenvalue weighted by Crippen LogP contribution is 2.34. The van der Waals surface area contributed by atoms with Gasteiger partial charge in [-0.3, -0.25) is 9.59 Å². The second kappa shape index (κ2) is 7.55. The zero-order valence-corrected chi connectivity index (χ0v) is 14.7. The number of benzene rings is 1. The molecule has 1 saturated heterocycles. The number of ether oxygens (including phenoxy) is 1. The molecule has 1 aliphatic rings. The molecule has 10 heteroatoms. The lowest BCUT2D eigenvalue weighted by Gasteiger charge is -2.37. The third-order valence-corrected chi connectivity index (χ3v) is 4.20. The van der Waals surface area contributed by atoms with Crippen molar-refractivity contribution in [2.24, 2.45) is 0 Å². The maximum absolute atomic E-state index is 15.1. The van der Waals surface area contributed by atoms with Gasteiger partial charge in [0.1, 0.15) is 0 Å². The van der Waals surface area contributed by atoms with Crippen molar-refractivity contribution in [3.05, 3.63) is 23.1 Å². The van der Waals surface area contributed by atoms with E-state index in [2.05, 4.69) is 5.16 Å². The van der Waals surface area contributed by atoms with Crippen molar-refractivity contribution >= 4 is 28.8 Å². The summed E-state index contributed by atoms with van der Waals surface area (Å²) in [6.07, 6.45) is -2.62. The number of fused-ring (bicyclic) bond motifs is 1. The van der Waals surface area contributed by atoms with Crippen molar-refractivity contribution in [2.45, 2.75) is 32.5 Å². The Hall–Kier alpha value is -2.62. The van der Waals surface area contributed by atoms with E-state index in [0.29, 0.717) is 19.4 Å². The van der Waals surface area contributed by atoms with Crippen LogP contribution in [0.5, 0.6) is 0 Å². The first-order chi connectivity index (χ1) is 12.8. The number of carbonyl (C=O) groups is 2. The first-order valence-corrected chi connectivity index (χ1v) is 8.35. The van der Waals surface area contributed by atoms with E-state index in [1.54, 1.807) is 4.90 Å². The normalized spacial score (nSPS) is 20.3. The van der Waals surface area contributed by atoms with Gasteiger partial charge in [0, 0.05) is 18.7 Å². The molecule has 0 spiro atoms. The molecule has 0 bridgehead atoms. The highest BCUT2D eigenvalue weighted by molar-refractivity contribution is 6.06. The molecule has 27 heavy (non-hydrogen) atoms. The molecule has 1 amide bonds. The van der Waals surface area contributed by atoms with Gasteiger partial charge in [-0.15, -0.1) is 0 Å². The molecule has 1 fully saturated rings. The molecular formula is C17H18F3N3O4. The number of nitrogens with one attached hydrogen (secondary N) is 1. The molecule has 0 saturated carbocycles. The van der Waals surface area contributed by atoms with Crippen LogP contribution >= 0.6 is 0 Å². The van der Waals surface area contributed by atoms with Crippen molar-refractivity contribution in [3.63, 3.8) is 0 Å². The number of aldehydes is 1. The Bertz CT molecular complexity index is 861. The minimum atomic E-state index is -2.74. The summed E-state index contributed by atoms with van der Waals surface area (Å²) < 4.78 is 50.2. The number of hydrogen-bond donors (Lipinski definition) is 1. The van der Waals surface area contributed by atoms with Crippen LogP contribution < -0.4 is 10.2 Å². The van der Waals surface area contributed by atoms with Crippen LogP contribution in [0.25, 0.3) is 11.0 Å². The van der Waals surface area contributed by atoms with Crippen LogP contribution in [0.4, 0.5) is 18.9 Å². The number of hydrogen-bond acceptors (Lipinski definition) is 6. The van der Waals surface area contributed by atoms with E-state index >= 15 is 4.39 Å². The molecular weight excluding hydrogens is 367 g/mol. The van der Waals surface area contributed by atoms with Crippen LogP contribution in [0.2, 0.25) is 0 Å². The fourth-order valence-electron chi connectivity index (χ4n) is 3.24. The standard InChI is InChI=1S/C17H18F3N3O4/c1-8-5-23(6-9(2)26-8)15-10(7-24)3-11-14(17(25)21-4-12(18)19)22-27-16(11)13(15)20/h3,7-9,12H,4-6H2,1-2H3,(H,21,25)/t8-,9+. The second-order valence-corrected chi connectivity index (χ2v) is 6.42. The maximum Gasteiger partial charge on any atom is 0.274 e. The van der Waals surface area contributed by atoms with Gasteiger partial charge in [-0.05, 0) is 19.9 Å². The Morgan fingerprint density at radius 2 is 2.07 bits per heavy atom. The van der Waals surface area contributed by atoms with E-state index in [9.17, 15) is 18.4 Å². The fraction of sp³-hybridized carbons (Fsp3) is 0.471. The third-order valence-electron chi connectivity index (χ3n) is 4.20. The van der Waals surface area contributed by atoms with Crippen molar-refractivity contribution in [2.75, 3.05) is 24.5 Å². The van der Waals surface area contributed by atoms with E-state index < -0.39 is 24.7 Å². The smallest absolute Gasteiger partial charge is 0.274 e. The topological polar surface area (TPSA) is 84.7 Å². The quantitative estimate of drug-likeness (QED) is 0.796. The second-order valence-electron chi connectivity index (χ2n) is 6.42. The Morgan fingerprint density at radius 3 is 2.67 bits per heavy atom. The fourth-order valence-corrected chi connectivity index (χ4v) is 3.24. The minimum absolute atomic E-state index is 0.00686. The molecule has 0 unspecified atom stereocenters. The van der Waals surface area contributed by atoms with E-state index in [-0.39, 0.29) is 40.1 Å². The summed E-state index contributed by atoms with van der Waals surface area (Å²) in [6.45, 7) is 3.52. The van der Waals surface area contributed by atoms with E-state index in [0.717, 1.165) is 0 Å². The lowest BCUT2D eigenvalue weighted by molar-refractivity contribution is -0.00543. The zero-order chi connectivity index (χ0) is 19.7. The Labute approximate surface area is 152 Å². The number of amides is 1. The van der Waals surface area contributed by atoms with Crippen LogP contribution in [0.15, 0.2) is 10.6 Å². The summed E-state index contributed by atoms with van der Waals surface area (Å²) in [7, 11) is 0. The number of aromatic nitrogens is 1. The Kier molecular flexibility index (Phi) is 5.36. The molecule has 0 radical (unpaired) electrons. The van der Waals surface area contributed by atoms with Crippen LogP contribution in [-0.2, 0) is 4.74 Å².